The summed E-state index contributed by atoms with van der Waals surface area (Å²) in [6, 6.07) is 12.7. The van der Waals surface area contributed by atoms with Crippen molar-refractivity contribution >= 4 is 34.8 Å². The van der Waals surface area contributed by atoms with E-state index in [0.29, 0.717) is 39.8 Å². The van der Waals surface area contributed by atoms with Gasteiger partial charge in [-0.3, -0.25) is 9.59 Å². The molecule has 28 heavy (non-hydrogen) atoms. The number of aliphatic hydroxyl groups is 1. The molecule has 0 atom stereocenters. The van der Waals surface area contributed by atoms with Gasteiger partial charge >= 0.3 is 0 Å². The summed E-state index contributed by atoms with van der Waals surface area (Å²) < 4.78 is 5.46. The van der Waals surface area contributed by atoms with Crippen molar-refractivity contribution in [1.29, 1.82) is 0 Å². The van der Waals surface area contributed by atoms with E-state index in [2.05, 4.69) is 0 Å². The number of amides is 2. The fraction of sp³-hybridized carbons (Fsp3) is 0.273. The molecule has 0 aliphatic carbocycles. The van der Waals surface area contributed by atoms with Crippen LogP contribution in [-0.2, 0) is 9.59 Å². The monoisotopic (exact) mass is 397 g/mol. The van der Waals surface area contributed by atoms with Crippen LogP contribution >= 0.6 is 11.8 Å². The Morgan fingerprint density at radius 3 is 2.32 bits per heavy atom. The Morgan fingerprint density at radius 1 is 1.00 bits per heavy atom. The van der Waals surface area contributed by atoms with E-state index >= 15 is 0 Å². The first kappa shape index (κ1) is 20.2. The lowest BCUT2D eigenvalue weighted by Crippen LogP contribution is -2.31. The number of benzene rings is 2. The van der Waals surface area contributed by atoms with Gasteiger partial charge in [-0.1, -0.05) is 18.2 Å². The van der Waals surface area contributed by atoms with Crippen molar-refractivity contribution in [1.82, 2.24) is 0 Å². The molecule has 0 radical (unpaired) electrons. The maximum atomic E-state index is 13.2. The Bertz CT molecular complexity index is 934. The van der Waals surface area contributed by atoms with Crippen molar-refractivity contribution in [2.45, 2.75) is 20.8 Å². The van der Waals surface area contributed by atoms with Gasteiger partial charge in [-0.25, -0.2) is 4.90 Å². The predicted molar refractivity (Wildman–Crippen MR) is 112 cm³/mol. The van der Waals surface area contributed by atoms with Crippen molar-refractivity contribution in [3.05, 3.63) is 64.1 Å². The van der Waals surface area contributed by atoms with Crippen LogP contribution in [0, 0.1) is 13.8 Å². The molecular weight excluding hydrogens is 374 g/mol. The van der Waals surface area contributed by atoms with Gasteiger partial charge in [-0.2, -0.15) is 0 Å². The van der Waals surface area contributed by atoms with Crippen LogP contribution in [0.4, 0.5) is 5.69 Å². The second kappa shape index (κ2) is 8.63. The van der Waals surface area contributed by atoms with Crippen LogP contribution in [0.15, 0.2) is 47.4 Å². The lowest BCUT2D eigenvalue weighted by atomic mass is 10.1. The number of carbonyl (C=O) groups excluding carboxylic acids is 2. The Morgan fingerprint density at radius 2 is 1.71 bits per heavy atom. The Balaban J connectivity index is 2.03. The SMILES string of the molecule is CCOc1ccc(C2=C(SCCO)C(=O)N(c3ccc(C)c(C)c3)C2=O)cc1. The number of anilines is 1. The highest BCUT2D eigenvalue weighted by Crippen LogP contribution is 2.39. The molecular formula is C22H23NO4S. The minimum Gasteiger partial charge on any atom is -0.494 e. The Hall–Kier alpha value is -2.57. The Kier molecular flexibility index (Phi) is 6.21. The third kappa shape index (κ3) is 3.84. The van der Waals surface area contributed by atoms with Gasteiger partial charge in [0.15, 0.2) is 0 Å². The van der Waals surface area contributed by atoms with Crippen molar-refractivity contribution in [2.24, 2.45) is 0 Å². The number of hydrogen-bond acceptors (Lipinski definition) is 5. The summed E-state index contributed by atoms with van der Waals surface area (Å²) in [6.45, 7) is 6.32. The predicted octanol–water partition coefficient (Wildman–Crippen LogP) is 3.71. The molecule has 0 spiro atoms. The summed E-state index contributed by atoms with van der Waals surface area (Å²) in [5.74, 6) is 0.350. The van der Waals surface area contributed by atoms with E-state index in [4.69, 9.17) is 4.74 Å². The maximum Gasteiger partial charge on any atom is 0.272 e. The zero-order valence-corrected chi connectivity index (χ0v) is 17.0. The van der Waals surface area contributed by atoms with Crippen molar-refractivity contribution in [3.8, 4) is 5.75 Å². The van der Waals surface area contributed by atoms with Crippen LogP contribution in [0.5, 0.6) is 5.75 Å². The fourth-order valence-corrected chi connectivity index (χ4v) is 3.89. The van der Waals surface area contributed by atoms with E-state index in [1.165, 1.54) is 16.7 Å². The van der Waals surface area contributed by atoms with Gasteiger partial charge in [0.05, 0.1) is 29.4 Å². The molecule has 0 aromatic heterocycles. The van der Waals surface area contributed by atoms with Crippen LogP contribution in [-0.4, -0.2) is 35.9 Å². The number of carbonyl (C=O) groups is 2. The molecule has 2 aromatic rings. The van der Waals surface area contributed by atoms with Gasteiger partial charge in [0.2, 0.25) is 0 Å². The first-order valence-electron chi connectivity index (χ1n) is 9.15. The van der Waals surface area contributed by atoms with Gasteiger partial charge in [0.25, 0.3) is 11.8 Å². The molecule has 1 heterocycles. The lowest BCUT2D eigenvalue weighted by Gasteiger charge is -2.16. The summed E-state index contributed by atoms with van der Waals surface area (Å²) in [6.07, 6.45) is 0. The van der Waals surface area contributed by atoms with Gasteiger partial charge < -0.3 is 9.84 Å². The quantitative estimate of drug-likeness (QED) is 0.722. The molecule has 6 heteroatoms. The van der Waals surface area contributed by atoms with Crippen LogP contribution in [0.25, 0.3) is 5.57 Å². The van der Waals surface area contributed by atoms with Gasteiger partial charge in [-0.05, 0) is 61.7 Å². The number of nitrogens with zero attached hydrogens (tertiary/aromatic N) is 1. The summed E-state index contributed by atoms with van der Waals surface area (Å²) in [5.41, 5.74) is 3.69. The number of aryl methyl sites for hydroxylation is 2. The molecule has 1 N–H and O–H groups in total. The van der Waals surface area contributed by atoms with E-state index in [9.17, 15) is 14.7 Å². The topological polar surface area (TPSA) is 66.8 Å². The summed E-state index contributed by atoms with van der Waals surface area (Å²) in [7, 11) is 0. The molecule has 3 rings (SSSR count). The fourth-order valence-electron chi connectivity index (χ4n) is 3.03. The maximum absolute atomic E-state index is 13.2. The molecule has 146 valence electrons. The third-order valence-corrected chi connectivity index (χ3v) is 5.64. The normalized spacial score (nSPS) is 14.2. The van der Waals surface area contributed by atoms with Crippen LogP contribution in [0.3, 0.4) is 0 Å². The highest BCUT2D eigenvalue weighted by atomic mass is 32.2. The minimum absolute atomic E-state index is 0.0736. The molecule has 2 aromatic carbocycles. The molecule has 0 fully saturated rings. The van der Waals surface area contributed by atoms with Crippen LogP contribution in [0.2, 0.25) is 0 Å². The van der Waals surface area contributed by atoms with Crippen LogP contribution < -0.4 is 9.64 Å². The first-order chi connectivity index (χ1) is 13.5. The largest absolute Gasteiger partial charge is 0.494 e. The molecule has 0 saturated heterocycles. The van der Waals surface area contributed by atoms with E-state index < -0.39 is 0 Å². The van der Waals surface area contributed by atoms with Gasteiger partial charge in [0, 0.05) is 5.75 Å². The highest BCUT2D eigenvalue weighted by Gasteiger charge is 2.40. The third-order valence-electron chi connectivity index (χ3n) is 4.58. The number of aliphatic hydroxyl groups excluding tert-OH is 1. The van der Waals surface area contributed by atoms with E-state index in [0.717, 1.165) is 11.1 Å². The summed E-state index contributed by atoms with van der Waals surface area (Å²) >= 11 is 1.21. The first-order valence-corrected chi connectivity index (χ1v) is 10.1. The number of ether oxygens (including phenoxy) is 1. The minimum atomic E-state index is -0.351. The second-order valence-corrected chi connectivity index (χ2v) is 7.55. The molecule has 0 saturated carbocycles. The van der Waals surface area contributed by atoms with Gasteiger partial charge in [0.1, 0.15) is 5.75 Å². The number of imide groups is 1. The average Bonchev–Trinajstić information content (AvgIpc) is 2.93. The smallest absolute Gasteiger partial charge is 0.272 e. The molecule has 0 bridgehead atoms. The summed E-state index contributed by atoms with van der Waals surface area (Å²) in [4.78, 5) is 27.9. The van der Waals surface area contributed by atoms with E-state index in [1.54, 1.807) is 30.3 Å². The van der Waals surface area contributed by atoms with Crippen molar-refractivity contribution in [2.75, 3.05) is 23.9 Å². The zero-order chi connectivity index (χ0) is 20.3. The lowest BCUT2D eigenvalue weighted by molar-refractivity contribution is -0.119. The molecule has 2 amide bonds. The number of rotatable bonds is 7. The van der Waals surface area contributed by atoms with E-state index in [-0.39, 0.29) is 18.4 Å². The molecule has 1 aliphatic heterocycles. The summed E-state index contributed by atoms with van der Waals surface area (Å²) in [5, 5.41) is 9.21. The van der Waals surface area contributed by atoms with Crippen molar-refractivity contribution in [3.63, 3.8) is 0 Å². The average molecular weight is 397 g/mol. The number of hydrogen-bond donors (Lipinski definition) is 1. The molecule has 5 nitrogen and oxygen atoms in total. The highest BCUT2D eigenvalue weighted by molar-refractivity contribution is 8.04. The number of thioether (sulfide) groups is 1. The van der Waals surface area contributed by atoms with Gasteiger partial charge in [-0.15, -0.1) is 11.8 Å². The molecule has 0 unspecified atom stereocenters. The zero-order valence-electron chi connectivity index (χ0n) is 16.2. The van der Waals surface area contributed by atoms with Crippen LogP contribution in [0.1, 0.15) is 23.6 Å². The van der Waals surface area contributed by atoms with Crippen molar-refractivity contribution < 1.29 is 19.4 Å². The Labute approximate surface area is 169 Å². The standard InChI is InChI=1S/C22H23NO4S/c1-4-27-18-9-6-16(7-10-18)19-20(28-12-11-24)22(26)23(21(19)25)17-8-5-14(2)15(3)13-17/h5-10,13,24H,4,11-12H2,1-3H3. The second-order valence-electron chi connectivity index (χ2n) is 6.45. The van der Waals surface area contributed by atoms with E-state index in [1.807, 2.05) is 32.9 Å². The molecule has 1 aliphatic rings.